The molecule has 0 bridgehead atoms. The number of ether oxygens (including phenoxy) is 2. The Kier molecular flexibility index (Phi) is 5.55. The van der Waals surface area contributed by atoms with Gasteiger partial charge in [0.05, 0.1) is 18.8 Å². The van der Waals surface area contributed by atoms with E-state index in [1.807, 2.05) is 4.90 Å². The van der Waals surface area contributed by atoms with Crippen LogP contribution in [-0.4, -0.2) is 81.0 Å². The first kappa shape index (κ1) is 16.0. The molecule has 0 aromatic rings. The number of carbonyl (C=O) groups excluding carboxylic acids is 1. The van der Waals surface area contributed by atoms with Crippen LogP contribution < -0.4 is 5.32 Å². The molecular weight excluding hydrogens is 282 g/mol. The predicted molar refractivity (Wildman–Crippen MR) is 83.9 cm³/mol. The largest absolute Gasteiger partial charge is 0.376 e. The SMILES string of the molecule is CN(CC1CC1)C[C@@H]1CN(C(=O)NC[C@H]2CCCO2)CCO1. The second-order valence-corrected chi connectivity index (χ2v) is 6.92. The highest BCUT2D eigenvalue weighted by molar-refractivity contribution is 5.74. The fraction of sp³-hybridized carbons (Fsp3) is 0.938. The second-order valence-electron chi connectivity index (χ2n) is 6.92. The first-order chi connectivity index (χ1) is 10.7. The van der Waals surface area contributed by atoms with Crippen molar-refractivity contribution in [2.45, 2.75) is 37.9 Å². The average Bonchev–Trinajstić information content (AvgIpc) is 3.16. The van der Waals surface area contributed by atoms with Crippen LogP contribution in [-0.2, 0) is 9.47 Å². The number of hydrogen-bond acceptors (Lipinski definition) is 4. The molecule has 1 N–H and O–H groups in total. The third kappa shape index (κ3) is 4.83. The topological polar surface area (TPSA) is 54.0 Å². The van der Waals surface area contributed by atoms with Gasteiger partial charge in [-0.2, -0.15) is 0 Å². The van der Waals surface area contributed by atoms with E-state index in [1.165, 1.54) is 12.8 Å². The summed E-state index contributed by atoms with van der Waals surface area (Å²) in [5.74, 6) is 0.888. The Bertz CT molecular complexity index is 370. The Labute approximate surface area is 133 Å². The van der Waals surface area contributed by atoms with Gasteiger partial charge in [-0.05, 0) is 38.6 Å². The summed E-state index contributed by atoms with van der Waals surface area (Å²) in [4.78, 5) is 16.5. The van der Waals surface area contributed by atoms with Gasteiger partial charge in [0.15, 0.2) is 0 Å². The number of morpholine rings is 1. The number of urea groups is 1. The molecule has 2 aliphatic heterocycles. The highest BCUT2D eigenvalue weighted by Crippen LogP contribution is 2.29. The fourth-order valence-corrected chi connectivity index (χ4v) is 3.30. The van der Waals surface area contributed by atoms with Crippen molar-refractivity contribution in [3.8, 4) is 0 Å². The fourth-order valence-electron chi connectivity index (χ4n) is 3.30. The molecule has 0 unspecified atom stereocenters. The third-order valence-corrected chi connectivity index (χ3v) is 4.71. The minimum atomic E-state index is 0.0219. The molecular formula is C16H29N3O3. The molecule has 0 aromatic heterocycles. The van der Waals surface area contributed by atoms with Crippen molar-refractivity contribution in [3.05, 3.63) is 0 Å². The van der Waals surface area contributed by atoms with Gasteiger partial charge in [-0.1, -0.05) is 0 Å². The van der Waals surface area contributed by atoms with E-state index in [0.717, 1.165) is 38.5 Å². The molecule has 6 heteroatoms. The second kappa shape index (κ2) is 7.62. The van der Waals surface area contributed by atoms with Crippen molar-refractivity contribution in [1.29, 1.82) is 0 Å². The van der Waals surface area contributed by atoms with Crippen LogP contribution in [0.1, 0.15) is 25.7 Å². The molecule has 2 amide bonds. The number of hydrogen-bond donors (Lipinski definition) is 1. The van der Waals surface area contributed by atoms with Crippen molar-refractivity contribution in [3.63, 3.8) is 0 Å². The van der Waals surface area contributed by atoms with Crippen molar-refractivity contribution in [2.75, 3.05) is 53.0 Å². The summed E-state index contributed by atoms with van der Waals surface area (Å²) in [6.45, 7) is 5.52. The summed E-state index contributed by atoms with van der Waals surface area (Å²) >= 11 is 0. The zero-order valence-corrected chi connectivity index (χ0v) is 13.6. The molecule has 3 fully saturated rings. The molecule has 3 aliphatic rings. The lowest BCUT2D eigenvalue weighted by atomic mass is 10.2. The van der Waals surface area contributed by atoms with Crippen LogP contribution in [0, 0.1) is 5.92 Å². The number of amides is 2. The number of carbonyl (C=O) groups is 1. The van der Waals surface area contributed by atoms with Crippen molar-refractivity contribution in [2.24, 2.45) is 5.92 Å². The van der Waals surface area contributed by atoms with Gasteiger partial charge in [0.25, 0.3) is 0 Å². The normalized spacial score (nSPS) is 29.1. The monoisotopic (exact) mass is 311 g/mol. The molecule has 3 rings (SSSR count). The van der Waals surface area contributed by atoms with E-state index in [-0.39, 0.29) is 18.2 Å². The summed E-state index contributed by atoms with van der Waals surface area (Å²) in [6.07, 6.45) is 5.23. The Morgan fingerprint density at radius 3 is 2.73 bits per heavy atom. The highest BCUT2D eigenvalue weighted by Gasteiger charge is 2.28. The third-order valence-electron chi connectivity index (χ3n) is 4.71. The van der Waals surface area contributed by atoms with Crippen molar-refractivity contribution < 1.29 is 14.3 Å². The van der Waals surface area contributed by atoms with Gasteiger partial charge in [0, 0.05) is 39.3 Å². The van der Waals surface area contributed by atoms with Gasteiger partial charge in [-0.15, -0.1) is 0 Å². The summed E-state index contributed by atoms with van der Waals surface area (Å²) in [7, 11) is 2.15. The maximum absolute atomic E-state index is 12.3. The number of likely N-dealkylation sites (N-methyl/N-ethyl adjacent to an activating group) is 1. The summed E-state index contributed by atoms with van der Waals surface area (Å²) < 4.78 is 11.4. The molecule has 1 saturated carbocycles. The summed E-state index contributed by atoms with van der Waals surface area (Å²) in [6, 6.07) is 0.0219. The van der Waals surface area contributed by atoms with E-state index in [2.05, 4.69) is 17.3 Å². The molecule has 0 aromatic carbocycles. The first-order valence-corrected chi connectivity index (χ1v) is 8.65. The quantitative estimate of drug-likeness (QED) is 0.792. The smallest absolute Gasteiger partial charge is 0.317 e. The molecule has 2 atom stereocenters. The van der Waals surface area contributed by atoms with E-state index in [1.54, 1.807) is 0 Å². The number of rotatable bonds is 6. The summed E-state index contributed by atoms with van der Waals surface area (Å²) in [5, 5.41) is 3.00. The standard InChI is InChI=1S/C16H29N3O3/c1-18(10-13-4-5-13)11-15-12-19(6-8-22-15)16(20)17-9-14-3-2-7-21-14/h13-15H,2-12H2,1H3,(H,17,20)/t14-,15-/m1/s1. The lowest BCUT2D eigenvalue weighted by molar-refractivity contribution is -0.0280. The van der Waals surface area contributed by atoms with Gasteiger partial charge < -0.3 is 24.6 Å². The van der Waals surface area contributed by atoms with Gasteiger partial charge in [0.2, 0.25) is 0 Å². The van der Waals surface area contributed by atoms with Crippen LogP contribution in [0.2, 0.25) is 0 Å². The minimum Gasteiger partial charge on any atom is -0.376 e. The van der Waals surface area contributed by atoms with Crippen LogP contribution in [0.3, 0.4) is 0 Å². The lowest BCUT2D eigenvalue weighted by Crippen LogP contribution is -2.53. The molecule has 126 valence electrons. The van der Waals surface area contributed by atoms with Crippen LogP contribution in [0.15, 0.2) is 0 Å². The summed E-state index contributed by atoms with van der Waals surface area (Å²) in [5.41, 5.74) is 0. The first-order valence-electron chi connectivity index (χ1n) is 8.65. The predicted octanol–water partition coefficient (Wildman–Crippen LogP) is 0.918. The molecule has 6 nitrogen and oxygen atoms in total. The number of nitrogens with one attached hydrogen (secondary N) is 1. The van der Waals surface area contributed by atoms with Gasteiger partial charge in [-0.3, -0.25) is 0 Å². The van der Waals surface area contributed by atoms with Crippen molar-refractivity contribution >= 4 is 6.03 Å². The number of nitrogens with zero attached hydrogens (tertiary/aromatic N) is 2. The highest BCUT2D eigenvalue weighted by atomic mass is 16.5. The molecule has 2 saturated heterocycles. The van der Waals surface area contributed by atoms with E-state index < -0.39 is 0 Å². The van der Waals surface area contributed by atoms with Crippen LogP contribution in [0.4, 0.5) is 4.79 Å². The van der Waals surface area contributed by atoms with E-state index in [9.17, 15) is 4.79 Å². The van der Waals surface area contributed by atoms with Gasteiger partial charge in [-0.25, -0.2) is 4.79 Å². The molecule has 1 aliphatic carbocycles. The Balaban J connectivity index is 1.37. The molecule has 22 heavy (non-hydrogen) atoms. The minimum absolute atomic E-state index is 0.0219. The van der Waals surface area contributed by atoms with Crippen molar-refractivity contribution in [1.82, 2.24) is 15.1 Å². The van der Waals surface area contributed by atoms with Crippen LogP contribution in [0.5, 0.6) is 0 Å². The maximum Gasteiger partial charge on any atom is 0.317 e. The Morgan fingerprint density at radius 1 is 1.18 bits per heavy atom. The lowest BCUT2D eigenvalue weighted by Gasteiger charge is -2.35. The zero-order valence-electron chi connectivity index (χ0n) is 13.6. The van der Waals surface area contributed by atoms with Crippen LogP contribution in [0.25, 0.3) is 0 Å². The average molecular weight is 311 g/mol. The van der Waals surface area contributed by atoms with Gasteiger partial charge in [0.1, 0.15) is 0 Å². The molecule has 2 heterocycles. The Hall–Kier alpha value is -0.850. The van der Waals surface area contributed by atoms with E-state index in [0.29, 0.717) is 26.2 Å². The van der Waals surface area contributed by atoms with Gasteiger partial charge >= 0.3 is 6.03 Å². The van der Waals surface area contributed by atoms with Crippen LogP contribution >= 0.6 is 0 Å². The van der Waals surface area contributed by atoms with E-state index >= 15 is 0 Å². The van der Waals surface area contributed by atoms with E-state index in [4.69, 9.17) is 9.47 Å². The molecule has 0 spiro atoms. The molecule has 0 radical (unpaired) electrons. The maximum atomic E-state index is 12.3. The zero-order chi connectivity index (χ0) is 15.4. The Morgan fingerprint density at radius 2 is 2.00 bits per heavy atom.